The predicted molar refractivity (Wildman–Crippen MR) is 115 cm³/mol. The number of benzene rings is 1. The molecule has 0 aliphatic heterocycles. The molecule has 0 radical (unpaired) electrons. The highest BCUT2D eigenvalue weighted by Gasteiger charge is 2.09. The summed E-state index contributed by atoms with van der Waals surface area (Å²) in [6, 6.07) is 4.92. The molecule has 0 aliphatic carbocycles. The molecule has 0 atom stereocenters. The summed E-state index contributed by atoms with van der Waals surface area (Å²) < 4.78 is 10.5. The zero-order valence-corrected chi connectivity index (χ0v) is 17.9. The second-order valence-corrected chi connectivity index (χ2v) is 7.34. The van der Waals surface area contributed by atoms with Gasteiger partial charge in [0.05, 0.1) is 5.56 Å². The molecule has 0 bridgehead atoms. The summed E-state index contributed by atoms with van der Waals surface area (Å²) in [5.74, 6) is -0.278. The Morgan fingerprint density at radius 2 is 1.64 bits per heavy atom. The third-order valence-electron chi connectivity index (χ3n) is 4.43. The first-order valence-corrected chi connectivity index (χ1v) is 9.76. The van der Waals surface area contributed by atoms with E-state index in [4.69, 9.17) is 9.47 Å². The van der Waals surface area contributed by atoms with E-state index in [-0.39, 0.29) is 12.4 Å². The highest BCUT2D eigenvalue weighted by atomic mass is 16.7. The number of carboxylic acid groups (broad SMARTS) is 1. The fraction of sp³-hybridized carbons (Fsp3) is 0.458. The molecule has 4 nitrogen and oxygen atoms in total. The van der Waals surface area contributed by atoms with E-state index in [0.717, 1.165) is 31.2 Å². The number of hydrogen-bond acceptors (Lipinski definition) is 3. The van der Waals surface area contributed by atoms with Crippen molar-refractivity contribution in [1.29, 1.82) is 0 Å². The molecule has 0 spiro atoms. The molecule has 0 amide bonds. The first kappa shape index (κ1) is 23.7. The van der Waals surface area contributed by atoms with Crippen LogP contribution < -0.4 is 4.74 Å². The van der Waals surface area contributed by atoms with Crippen molar-refractivity contribution in [1.82, 2.24) is 0 Å². The van der Waals surface area contributed by atoms with Crippen LogP contribution in [-0.4, -0.2) is 25.0 Å². The number of methoxy groups -OCH3 is 1. The van der Waals surface area contributed by atoms with E-state index in [2.05, 4.69) is 45.9 Å². The van der Waals surface area contributed by atoms with Gasteiger partial charge in [0.2, 0.25) is 0 Å². The lowest BCUT2D eigenvalue weighted by Gasteiger charge is -2.11. The average molecular weight is 387 g/mol. The SMILES string of the molecule is COCOc1ccc(C(=O)O)cc1C/C=C(\C)CC/C=C(\C)CCC=C(C)C. The molecule has 1 N–H and O–H groups in total. The summed E-state index contributed by atoms with van der Waals surface area (Å²) in [4.78, 5) is 11.2. The summed E-state index contributed by atoms with van der Waals surface area (Å²) in [5.41, 5.74) is 5.19. The lowest BCUT2D eigenvalue weighted by atomic mass is 10.0. The van der Waals surface area contributed by atoms with Crippen molar-refractivity contribution in [2.75, 3.05) is 13.9 Å². The van der Waals surface area contributed by atoms with Gasteiger partial charge < -0.3 is 14.6 Å². The van der Waals surface area contributed by atoms with E-state index in [1.165, 1.54) is 16.7 Å². The number of ether oxygens (including phenoxy) is 2. The van der Waals surface area contributed by atoms with Crippen LogP contribution >= 0.6 is 0 Å². The molecule has 0 saturated heterocycles. The standard InChI is InChI=1S/C24H34O4/c1-18(2)8-6-9-19(3)10-7-11-20(4)12-13-21-16-22(24(25)26)14-15-23(21)28-17-27-5/h8,10,12,14-16H,6-7,9,11,13,17H2,1-5H3,(H,25,26)/b19-10+,20-12+. The monoisotopic (exact) mass is 386 g/mol. The number of aromatic carboxylic acids is 1. The Bertz CT molecular complexity index is 722. The van der Waals surface area contributed by atoms with Gasteiger partial charge in [-0.2, -0.15) is 0 Å². The fourth-order valence-electron chi connectivity index (χ4n) is 2.76. The predicted octanol–water partition coefficient (Wildman–Crippen LogP) is 6.33. The van der Waals surface area contributed by atoms with Crippen molar-refractivity contribution in [3.63, 3.8) is 0 Å². The molecule has 0 unspecified atom stereocenters. The minimum Gasteiger partial charge on any atom is -0.478 e. The number of carbonyl (C=O) groups is 1. The smallest absolute Gasteiger partial charge is 0.335 e. The lowest BCUT2D eigenvalue weighted by molar-refractivity contribution is 0.0505. The highest BCUT2D eigenvalue weighted by molar-refractivity contribution is 5.88. The van der Waals surface area contributed by atoms with E-state index in [9.17, 15) is 9.90 Å². The second-order valence-electron chi connectivity index (χ2n) is 7.34. The van der Waals surface area contributed by atoms with E-state index in [1.807, 2.05) is 0 Å². The van der Waals surface area contributed by atoms with Gasteiger partial charge in [-0.15, -0.1) is 0 Å². The van der Waals surface area contributed by atoms with Gasteiger partial charge in [0.25, 0.3) is 0 Å². The third-order valence-corrected chi connectivity index (χ3v) is 4.43. The van der Waals surface area contributed by atoms with E-state index >= 15 is 0 Å². The van der Waals surface area contributed by atoms with Gasteiger partial charge in [-0.3, -0.25) is 0 Å². The minimum atomic E-state index is -0.936. The minimum absolute atomic E-state index is 0.138. The van der Waals surface area contributed by atoms with Crippen molar-refractivity contribution in [3.8, 4) is 5.75 Å². The van der Waals surface area contributed by atoms with Gasteiger partial charge in [0.15, 0.2) is 6.79 Å². The first-order chi connectivity index (χ1) is 13.3. The molecule has 0 fully saturated rings. The zero-order chi connectivity index (χ0) is 20.9. The number of rotatable bonds is 12. The van der Waals surface area contributed by atoms with E-state index < -0.39 is 5.97 Å². The number of allylic oxidation sites excluding steroid dienone is 6. The molecular formula is C24H34O4. The molecular weight excluding hydrogens is 352 g/mol. The van der Waals surface area contributed by atoms with Gasteiger partial charge in [0.1, 0.15) is 5.75 Å². The Morgan fingerprint density at radius 3 is 2.25 bits per heavy atom. The largest absolute Gasteiger partial charge is 0.478 e. The van der Waals surface area contributed by atoms with Gasteiger partial charge in [-0.1, -0.05) is 34.9 Å². The lowest BCUT2D eigenvalue weighted by Crippen LogP contribution is -2.04. The second kappa shape index (κ2) is 12.9. The molecule has 1 rings (SSSR count). The quantitative estimate of drug-likeness (QED) is 0.337. The normalized spacial score (nSPS) is 12.0. The Kier molecular flexibility index (Phi) is 11.0. The summed E-state index contributed by atoms with van der Waals surface area (Å²) in [6.07, 6.45) is 11.6. The summed E-state index contributed by atoms with van der Waals surface area (Å²) in [5, 5.41) is 9.22. The Labute approximate surface area is 169 Å². The van der Waals surface area contributed by atoms with Crippen LogP contribution in [0.1, 0.15) is 69.3 Å². The van der Waals surface area contributed by atoms with E-state index in [1.54, 1.807) is 25.3 Å². The maximum atomic E-state index is 11.2. The molecule has 0 saturated carbocycles. The number of carboxylic acids is 1. The molecule has 0 heterocycles. The third kappa shape index (κ3) is 9.56. The summed E-state index contributed by atoms with van der Waals surface area (Å²) in [6.45, 7) is 8.70. The highest BCUT2D eigenvalue weighted by Crippen LogP contribution is 2.22. The van der Waals surface area contributed by atoms with Crippen LogP contribution in [0.5, 0.6) is 5.75 Å². The van der Waals surface area contributed by atoms with Gasteiger partial charge in [-0.25, -0.2) is 4.79 Å². The maximum Gasteiger partial charge on any atom is 0.335 e. The molecule has 1 aromatic rings. The Hall–Kier alpha value is -2.33. The zero-order valence-electron chi connectivity index (χ0n) is 17.9. The van der Waals surface area contributed by atoms with Crippen LogP contribution in [-0.2, 0) is 11.2 Å². The number of hydrogen-bond donors (Lipinski definition) is 1. The maximum absolute atomic E-state index is 11.2. The van der Waals surface area contributed by atoms with Crippen LogP contribution in [0.3, 0.4) is 0 Å². The average Bonchev–Trinajstić information content (AvgIpc) is 2.64. The molecule has 28 heavy (non-hydrogen) atoms. The van der Waals surface area contributed by atoms with Crippen molar-refractivity contribution in [2.24, 2.45) is 0 Å². The Morgan fingerprint density at radius 1 is 1.00 bits per heavy atom. The molecule has 0 aromatic heterocycles. The molecule has 0 aliphatic rings. The van der Waals surface area contributed by atoms with Crippen molar-refractivity contribution in [2.45, 2.75) is 59.8 Å². The van der Waals surface area contributed by atoms with E-state index in [0.29, 0.717) is 12.2 Å². The molecule has 4 heteroatoms. The van der Waals surface area contributed by atoms with Gasteiger partial charge in [-0.05, 0) is 83.6 Å². The van der Waals surface area contributed by atoms with Crippen molar-refractivity contribution in [3.05, 3.63) is 64.3 Å². The van der Waals surface area contributed by atoms with Crippen LogP contribution in [0.25, 0.3) is 0 Å². The van der Waals surface area contributed by atoms with Crippen LogP contribution in [0.4, 0.5) is 0 Å². The van der Waals surface area contributed by atoms with Crippen LogP contribution in [0.2, 0.25) is 0 Å². The molecule has 1 aromatic carbocycles. The summed E-state index contributed by atoms with van der Waals surface area (Å²) >= 11 is 0. The Balaban J connectivity index is 2.66. The fourth-order valence-corrected chi connectivity index (χ4v) is 2.76. The van der Waals surface area contributed by atoms with Gasteiger partial charge >= 0.3 is 5.97 Å². The van der Waals surface area contributed by atoms with Crippen LogP contribution in [0, 0.1) is 0 Å². The van der Waals surface area contributed by atoms with Crippen molar-refractivity contribution < 1.29 is 19.4 Å². The van der Waals surface area contributed by atoms with Crippen molar-refractivity contribution >= 4 is 5.97 Å². The molecule has 154 valence electrons. The summed E-state index contributed by atoms with van der Waals surface area (Å²) in [7, 11) is 1.56. The van der Waals surface area contributed by atoms with Crippen LogP contribution in [0.15, 0.2) is 53.1 Å². The first-order valence-electron chi connectivity index (χ1n) is 9.76. The topological polar surface area (TPSA) is 55.8 Å². The van der Waals surface area contributed by atoms with Gasteiger partial charge in [0, 0.05) is 7.11 Å².